The lowest BCUT2D eigenvalue weighted by Crippen LogP contribution is -2.16. The van der Waals surface area contributed by atoms with Gasteiger partial charge in [-0.2, -0.15) is 0 Å². The van der Waals surface area contributed by atoms with E-state index in [9.17, 15) is 0 Å². The van der Waals surface area contributed by atoms with Crippen LogP contribution in [-0.2, 0) is 5.41 Å². The van der Waals surface area contributed by atoms with Gasteiger partial charge in [-0.1, -0.05) is 99.5 Å². The number of anilines is 3. The van der Waals surface area contributed by atoms with E-state index in [1.807, 2.05) is 18.2 Å². The third-order valence-corrected chi connectivity index (χ3v) is 10.7. The number of fused-ring (bicyclic) bond motifs is 9. The molecular formula is C50H40N2. The van der Waals surface area contributed by atoms with Crippen LogP contribution in [0.3, 0.4) is 0 Å². The molecule has 250 valence electrons. The van der Waals surface area contributed by atoms with E-state index in [1.54, 1.807) is 4.57 Å². The largest absolute Gasteiger partial charge is 0.310 e. The highest BCUT2D eigenvalue weighted by Crippen LogP contribution is 2.51. The normalized spacial score (nSPS) is 14.5. The molecule has 8 aromatic carbocycles. The first-order valence-corrected chi connectivity index (χ1v) is 17.7. The molecule has 1 aromatic heterocycles. The number of para-hydroxylation sites is 3. The molecule has 0 spiro atoms. The average Bonchev–Trinajstić information content (AvgIpc) is 3.59. The van der Waals surface area contributed by atoms with Crippen molar-refractivity contribution < 1.29 is 11.0 Å². The van der Waals surface area contributed by atoms with E-state index in [-0.39, 0.29) is 51.4 Å². The topological polar surface area (TPSA) is 8.17 Å². The fourth-order valence-corrected chi connectivity index (χ4v) is 7.90. The Bertz CT molecular complexity index is 3300. The van der Waals surface area contributed by atoms with Crippen LogP contribution < -0.4 is 4.90 Å². The summed E-state index contributed by atoms with van der Waals surface area (Å²) < 4.78 is 70.7. The van der Waals surface area contributed by atoms with Crippen molar-refractivity contribution in [1.29, 1.82) is 0 Å². The van der Waals surface area contributed by atoms with Crippen LogP contribution in [-0.4, -0.2) is 4.57 Å². The second-order valence-electron chi connectivity index (χ2n) is 15.0. The van der Waals surface area contributed by atoms with Gasteiger partial charge in [-0.05, 0) is 153 Å². The van der Waals surface area contributed by atoms with Crippen LogP contribution in [0, 0.1) is 13.8 Å². The number of aryl methyl sites for hydroxylation is 2. The minimum absolute atomic E-state index is 0.0103. The molecule has 0 saturated heterocycles. The Hall–Kier alpha value is -6.12. The van der Waals surface area contributed by atoms with E-state index < -0.39 is 24.2 Å². The summed E-state index contributed by atoms with van der Waals surface area (Å²) in [6.45, 7) is 11.1. The minimum Gasteiger partial charge on any atom is -0.310 e. The number of hydrogen-bond donors (Lipinski definition) is 0. The molecule has 0 aliphatic heterocycles. The standard InChI is InChI=1S/C50H40N2/c1-31-12-6-9-15-46(31)51(49-30-37(50(3,4)5)21-18-32(49)2)38-22-19-33-26-42-44(28-35(33)24-38)43-27-34-20-23-39(25-36(34)29-45(42)43)52-47-16-10-7-13-40(47)41-14-8-11-17-48(41)52/h6-30H,1-5H3/i7D,8D,10D,11D,13D,14D,16D,17D. The maximum atomic E-state index is 8.92. The Kier molecular flexibility index (Phi) is 5.03. The van der Waals surface area contributed by atoms with Gasteiger partial charge in [0.15, 0.2) is 0 Å². The molecule has 1 aliphatic carbocycles. The van der Waals surface area contributed by atoms with Gasteiger partial charge in [-0.25, -0.2) is 0 Å². The Morgan fingerprint density at radius 1 is 0.519 bits per heavy atom. The van der Waals surface area contributed by atoms with Crippen molar-refractivity contribution in [2.45, 2.75) is 40.0 Å². The van der Waals surface area contributed by atoms with Crippen LogP contribution in [0.2, 0.25) is 0 Å². The third kappa shape index (κ3) is 4.64. The van der Waals surface area contributed by atoms with E-state index >= 15 is 0 Å². The van der Waals surface area contributed by atoms with Crippen LogP contribution in [0.5, 0.6) is 0 Å². The molecule has 0 bridgehead atoms. The molecule has 0 amide bonds. The van der Waals surface area contributed by atoms with Gasteiger partial charge in [0.25, 0.3) is 0 Å². The maximum Gasteiger partial charge on any atom is 0.0645 e. The van der Waals surface area contributed by atoms with Crippen molar-refractivity contribution in [2.75, 3.05) is 4.90 Å². The average molecular weight is 677 g/mol. The maximum absolute atomic E-state index is 8.92. The van der Waals surface area contributed by atoms with Gasteiger partial charge in [-0.15, -0.1) is 0 Å². The zero-order valence-electron chi connectivity index (χ0n) is 37.7. The first kappa shape index (κ1) is 23.4. The second-order valence-corrected chi connectivity index (χ2v) is 15.0. The molecule has 52 heavy (non-hydrogen) atoms. The number of hydrogen-bond acceptors (Lipinski definition) is 1. The molecule has 10 rings (SSSR count). The van der Waals surface area contributed by atoms with Gasteiger partial charge >= 0.3 is 0 Å². The summed E-state index contributed by atoms with van der Waals surface area (Å²) in [5, 5.41) is 4.26. The van der Waals surface area contributed by atoms with E-state index in [4.69, 9.17) is 11.0 Å². The molecule has 0 unspecified atom stereocenters. The summed E-state index contributed by atoms with van der Waals surface area (Å²) in [6, 6.07) is 33.5. The van der Waals surface area contributed by atoms with Crippen molar-refractivity contribution in [3.63, 3.8) is 0 Å². The van der Waals surface area contributed by atoms with Gasteiger partial charge in [0.1, 0.15) is 0 Å². The third-order valence-electron chi connectivity index (χ3n) is 10.7. The molecule has 2 heteroatoms. The van der Waals surface area contributed by atoms with Crippen LogP contribution in [0.15, 0.2) is 151 Å². The lowest BCUT2D eigenvalue weighted by Gasteiger charge is -2.31. The van der Waals surface area contributed by atoms with Crippen molar-refractivity contribution in [3.05, 3.63) is 168 Å². The fraction of sp³-hybridized carbons (Fsp3) is 0.120. The SMILES string of the molecule is [2H]c1c([2H])c([2H])c2c(c1[2H])c1c([2H])c([2H])c([2H])c([2H])c1n2-c1ccc2cc3c(cc2c1)-c1cc2ccc(N(c4ccccc4C)c4cc(C(C)(C)C)ccc4C)cc2cc1-3. The zero-order chi connectivity index (χ0) is 42.3. The van der Waals surface area contributed by atoms with Crippen molar-refractivity contribution in [1.82, 2.24) is 4.57 Å². The second kappa shape index (κ2) is 11.2. The van der Waals surface area contributed by atoms with Gasteiger partial charge in [0.2, 0.25) is 0 Å². The summed E-state index contributed by atoms with van der Waals surface area (Å²) in [4.78, 5) is 2.38. The van der Waals surface area contributed by atoms with Gasteiger partial charge in [-0.3, -0.25) is 0 Å². The molecule has 9 aromatic rings. The number of nitrogens with zero attached hydrogens (tertiary/aromatic N) is 2. The quantitative estimate of drug-likeness (QED) is 0.180. The zero-order valence-corrected chi connectivity index (χ0v) is 29.7. The molecule has 0 fully saturated rings. The monoisotopic (exact) mass is 676 g/mol. The first-order chi connectivity index (χ1) is 28.5. The first-order valence-electron chi connectivity index (χ1n) is 21.7. The Morgan fingerprint density at radius 3 is 1.71 bits per heavy atom. The van der Waals surface area contributed by atoms with Crippen LogP contribution >= 0.6 is 0 Å². The van der Waals surface area contributed by atoms with Gasteiger partial charge < -0.3 is 9.47 Å². The lowest BCUT2D eigenvalue weighted by atomic mass is 9.78. The number of aromatic nitrogens is 1. The van der Waals surface area contributed by atoms with Crippen LogP contribution in [0.25, 0.3) is 71.3 Å². The summed E-state index contributed by atoms with van der Waals surface area (Å²) in [7, 11) is 0. The van der Waals surface area contributed by atoms with Crippen molar-refractivity contribution in [3.8, 4) is 27.9 Å². The fourth-order valence-electron chi connectivity index (χ4n) is 7.90. The molecule has 0 atom stereocenters. The predicted octanol–water partition coefficient (Wildman–Crippen LogP) is 14.1. The molecule has 2 nitrogen and oxygen atoms in total. The van der Waals surface area contributed by atoms with Crippen LogP contribution in [0.4, 0.5) is 17.1 Å². The van der Waals surface area contributed by atoms with E-state index in [2.05, 4.69) is 124 Å². The Morgan fingerprint density at radius 2 is 1.08 bits per heavy atom. The van der Waals surface area contributed by atoms with E-state index in [0.29, 0.717) is 5.69 Å². The Balaban J connectivity index is 1.11. The summed E-state index contributed by atoms with van der Waals surface area (Å²) >= 11 is 0. The molecule has 1 heterocycles. The van der Waals surface area contributed by atoms with Crippen molar-refractivity contribution in [2.24, 2.45) is 0 Å². The van der Waals surface area contributed by atoms with E-state index in [1.165, 1.54) is 22.3 Å². The molecule has 1 aliphatic rings. The molecular weight excluding hydrogens is 629 g/mol. The predicted molar refractivity (Wildman–Crippen MR) is 223 cm³/mol. The number of rotatable bonds is 4. The highest BCUT2D eigenvalue weighted by molar-refractivity contribution is 6.13. The smallest absolute Gasteiger partial charge is 0.0645 e. The highest BCUT2D eigenvalue weighted by atomic mass is 15.1. The molecule has 0 N–H and O–H groups in total. The van der Waals surface area contributed by atoms with E-state index in [0.717, 1.165) is 55.3 Å². The number of benzene rings is 8. The van der Waals surface area contributed by atoms with Gasteiger partial charge in [0, 0.05) is 33.5 Å². The van der Waals surface area contributed by atoms with Crippen LogP contribution in [0.1, 0.15) is 48.4 Å². The highest BCUT2D eigenvalue weighted by Gasteiger charge is 2.25. The lowest BCUT2D eigenvalue weighted by molar-refractivity contribution is 0.590. The summed E-state index contributed by atoms with van der Waals surface area (Å²) in [6.07, 6.45) is 0. The van der Waals surface area contributed by atoms with Crippen molar-refractivity contribution >= 4 is 60.4 Å². The summed E-state index contributed by atoms with van der Waals surface area (Å²) in [5.41, 5.74) is 12.3. The van der Waals surface area contributed by atoms with Gasteiger partial charge in [0.05, 0.1) is 22.0 Å². The molecule has 0 radical (unpaired) electrons. The Labute approximate surface area is 316 Å². The molecule has 0 saturated carbocycles. The summed E-state index contributed by atoms with van der Waals surface area (Å²) in [5.74, 6) is 0. The minimum atomic E-state index is -0.455.